The molecule has 5 nitrogen and oxygen atoms in total. The maximum atomic E-state index is 13.1. The average molecular weight is 522 g/mol. The van der Waals surface area contributed by atoms with Crippen LogP contribution in [-0.4, -0.2) is 46.9 Å². The number of morpholine rings is 1. The van der Waals surface area contributed by atoms with Gasteiger partial charge in [0.15, 0.2) is 0 Å². The van der Waals surface area contributed by atoms with E-state index >= 15 is 0 Å². The van der Waals surface area contributed by atoms with Crippen LogP contribution in [0.4, 0.5) is 0 Å². The van der Waals surface area contributed by atoms with Crippen LogP contribution in [0.2, 0.25) is 0 Å². The molecule has 2 bridgehead atoms. The number of amides is 1. The number of carbonyl (C=O) groups is 1. The maximum Gasteiger partial charge on any atom is 0.308 e. The van der Waals surface area contributed by atoms with E-state index in [1.165, 1.54) is 41.0 Å². The van der Waals surface area contributed by atoms with Crippen molar-refractivity contribution in [1.82, 2.24) is 9.47 Å². The molecule has 1 aromatic heterocycles. The van der Waals surface area contributed by atoms with Gasteiger partial charge >= 0.3 is 4.87 Å². The van der Waals surface area contributed by atoms with Crippen LogP contribution in [0.1, 0.15) is 35.6 Å². The Balaban J connectivity index is 1.40. The lowest BCUT2D eigenvalue weighted by atomic mass is 9.75. The van der Waals surface area contributed by atoms with Gasteiger partial charge in [-0.25, -0.2) is 0 Å². The molecule has 3 heterocycles. The monoisotopic (exact) mass is 520 g/mol. The number of thiazole rings is 1. The van der Waals surface area contributed by atoms with Crippen LogP contribution in [-0.2, 0) is 16.1 Å². The molecule has 164 valence electrons. The van der Waals surface area contributed by atoms with Crippen LogP contribution < -0.4 is 4.87 Å². The molecule has 2 aliphatic heterocycles. The molecule has 1 amide bonds. The lowest BCUT2D eigenvalue weighted by Gasteiger charge is -2.40. The third-order valence-electron chi connectivity index (χ3n) is 7.58. The summed E-state index contributed by atoms with van der Waals surface area (Å²) in [5, 5.41) is 1.61. The quantitative estimate of drug-likeness (QED) is 0.608. The fraction of sp³-hybridized carbons (Fsp3) is 0.565. The number of nitrogens with zero attached hydrogens (tertiary/aromatic N) is 2. The molecule has 2 aromatic rings. The minimum atomic E-state index is 0.00791. The lowest BCUT2D eigenvalue weighted by Crippen LogP contribution is -2.43. The van der Waals surface area contributed by atoms with Gasteiger partial charge in [0.25, 0.3) is 0 Å². The molecule has 3 fully saturated rings. The van der Waals surface area contributed by atoms with Gasteiger partial charge < -0.3 is 9.64 Å². The van der Waals surface area contributed by atoms with Crippen LogP contribution >= 0.6 is 39.0 Å². The predicted octanol–water partition coefficient (Wildman–Crippen LogP) is 4.18. The van der Waals surface area contributed by atoms with Crippen molar-refractivity contribution in [2.24, 2.45) is 17.8 Å². The van der Waals surface area contributed by atoms with Crippen LogP contribution in [0, 0.1) is 17.8 Å². The highest BCUT2D eigenvalue weighted by molar-refractivity contribution is 9.10. The van der Waals surface area contributed by atoms with Crippen molar-refractivity contribution in [3.8, 4) is 0 Å². The zero-order chi connectivity index (χ0) is 21.1. The molecular weight excluding hydrogens is 496 g/mol. The van der Waals surface area contributed by atoms with Crippen LogP contribution in [0.5, 0.6) is 0 Å². The molecule has 0 N–H and O–H groups in total. The second kappa shape index (κ2) is 8.04. The number of benzene rings is 1. The zero-order valence-corrected chi connectivity index (χ0v) is 20.4. The molecular formula is C23H25BrN2O3S2. The fourth-order valence-corrected chi connectivity index (χ4v) is 9.59. The SMILES string of the molecule is O=C(Cn1c2c(sc1=O)[C@@H](c1ccc(Br)cc1)C1C3CCC(C3)C1S2)N1CCOCC1. The lowest BCUT2D eigenvalue weighted by molar-refractivity contribution is -0.136. The Bertz CT molecular complexity index is 1060. The first-order valence-electron chi connectivity index (χ1n) is 11.1. The van der Waals surface area contributed by atoms with E-state index in [1.807, 2.05) is 16.7 Å². The number of fused-ring (bicyclic) bond motifs is 6. The topological polar surface area (TPSA) is 51.5 Å². The Morgan fingerprint density at radius 2 is 1.87 bits per heavy atom. The number of aromatic nitrogens is 1. The number of halogens is 1. The smallest absolute Gasteiger partial charge is 0.308 e. The first-order chi connectivity index (χ1) is 15.1. The highest BCUT2D eigenvalue weighted by Crippen LogP contribution is 2.64. The van der Waals surface area contributed by atoms with E-state index in [1.54, 1.807) is 4.57 Å². The summed E-state index contributed by atoms with van der Waals surface area (Å²) in [6, 6.07) is 8.65. The van der Waals surface area contributed by atoms with Crippen molar-refractivity contribution in [2.45, 2.75) is 42.0 Å². The van der Waals surface area contributed by atoms with Crippen molar-refractivity contribution in [3.63, 3.8) is 0 Å². The minimum Gasteiger partial charge on any atom is -0.378 e. The molecule has 0 radical (unpaired) electrons. The maximum absolute atomic E-state index is 13.1. The van der Waals surface area contributed by atoms with Crippen molar-refractivity contribution in [3.05, 3.63) is 48.8 Å². The number of rotatable bonds is 3. The fourth-order valence-electron chi connectivity index (χ4n) is 6.18. The summed E-state index contributed by atoms with van der Waals surface area (Å²) in [5.74, 6) is 2.39. The summed E-state index contributed by atoms with van der Waals surface area (Å²) in [5.41, 5.74) is 1.31. The van der Waals surface area contributed by atoms with E-state index in [9.17, 15) is 9.59 Å². The summed E-state index contributed by atoms with van der Waals surface area (Å²) in [6.45, 7) is 2.54. The van der Waals surface area contributed by atoms with Crippen molar-refractivity contribution < 1.29 is 9.53 Å². The Morgan fingerprint density at radius 1 is 1.13 bits per heavy atom. The standard InChI is InChI=1S/C23H25BrN2O3S2/c24-16-5-3-13(4-6-16)18-19-14-1-2-15(11-14)20(19)30-22-21(18)31-23(28)26(22)12-17(27)25-7-9-29-10-8-25/h3-6,14-15,18-20H,1-2,7-12H2/t14?,15?,18-,19?,20?/m0/s1. The van der Waals surface area contributed by atoms with Crippen LogP contribution in [0.15, 0.2) is 38.6 Å². The highest BCUT2D eigenvalue weighted by atomic mass is 79.9. The number of thioether (sulfide) groups is 1. The van der Waals surface area contributed by atoms with E-state index in [2.05, 4.69) is 40.2 Å². The average Bonchev–Trinajstić information content (AvgIpc) is 3.48. The summed E-state index contributed by atoms with van der Waals surface area (Å²) >= 11 is 6.83. The molecule has 8 heteroatoms. The normalized spacial score (nSPS) is 31.5. The Labute approximate surface area is 198 Å². The Kier molecular flexibility index (Phi) is 5.32. The van der Waals surface area contributed by atoms with Gasteiger partial charge in [-0.15, -0.1) is 11.8 Å². The molecule has 6 rings (SSSR count). The van der Waals surface area contributed by atoms with Gasteiger partial charge in [-0.05, 0) is 54.7 Å². The summed E-state index contributed by atoms with van der Waals surface area (Å²) in [4.78, 5) is 29.1. The van der Waals surface area contributed by atoms with Gasteiger partial charge in [0.2, 0.25) is 5.91 Å². The molecule has 0 spiro atoms. The van der Waals surface area contributed by atoms with Gasteiger partial charge in [-0.3, -0.25) is 14.2 Å². The van der Waals surface area contributed by atoms with Gasteiger partial charge in [0, 0.05) is 33.6 Å². The van der Waals surface area contributed by atoms with E-state index in [4.69, 9.17) is 4.74 Å². The van der Waals surface area contributed by atoms with Gasteiger partial charge in [0.1, 0.15) is 6.54 Å². The molecule has 31 heavy (non-hydrogen) atoms. The third-order valence-corrected chi connectivity index (χ3v) is 10.9. The minimum absolute atomic E-state index is 0.00791. The summed E-state index contributed by atoms with van der Waals surface area (Å²) < 4.78 is 8.23. The van der Waals surface area contributed by atoms with Gasteiger partial charge in [0.05, 0.1) is 18.2 Å². The predicted molar refractivity (Wildman–Crippen MR) is 126 cm³/mol. The Morgan fingerprint density at radius 3 is 2.65 bits per heavy atom. The zero-order valence-electron chi connectivity index (χ0n) is 17.2. The number of hydrogen-bond acceptors (Lipinski definition) is 5. The number of carbonyl (C=O) groups excluding carboxylic acids is 1. The van der Waals surface area contributed by atoms with Gasteiger partial charge in [-0.2, -0.15) is 0 Å². The van der Waals surface area contributed by atoms with Crippen molar-refractivity contribution >= 4 is 44.9 Å². The third kappa shape index (κ3) is 3.45. The first-order valence-corrected chi connectivity index (χ1v) is 13.6. The first kappa shape index (κ1) is 20.5. The van der Waals surface area contributed by atoms with E-state index < -0.39 is 0 Å². The molecule has 2 aliphatic carbocycles. The molecule has 1 aromatic carbocycles. The largest absolute Gasteiger partial charge is 0.378 e. The summed E-state index contributed by atoms with van der Waals surface area (Å²) in [7, 11) is 0. The molecule has 5 atom stereocenters. The molecule has 1 saturated heterocycles. The van der Waals surface area contributed by atoms with E-state index in [0.717, 1.165) is 21.3 Å². The molecule has 4 aliphatic rings. The molecule has 4 unspecified atom stereocenters. The van der Waals surface area contributed by atoms with Crippen molar-refractivity contribution in [2.75, 3.05) is 26.3 Å². The van der Waals surface area contributed by atoms with Crippen molar-refractivity contribution in [1.29, 1.82) is 0 Å². The van der Waals surface area contributed by atoms with Crippen LogP contribution in [0.25, 0.3) is 0 Å². The van der Waals surface area contributed by atoms with E-state index in [0.29, 0.717) is 37.5 Å². The summed E-state index contributed by atoms with van der Waals surface area (Å²) in [6.07, 6.45) is 3.95. The number of hydrogen-bond donors (Lipinski definition) is 0. The van der Waals surface area contributed by atoms with Crippen LogP contribution in [0.3, 0.4) is 0 Å². The Hall–Kier alpha value is -1.09. The number of ether oxygens (including phenoxy) is 1. The second-order valence-electron chi connectivity index (χ2n) is 9.14. The van der Waals surface area contributed by atoms with E-state index in [-0.39, 0.29) is 23.2 Å². The molecule has 2 saturated carbocycles. The highest BCUT2D eigenvalue weighted by Gasteiger charge is 2.55. The second-order valence-corrected chi connectivity index (χ2v) is 12.2. The van der Waals surface area contributed by atoms with Gasteiger partial charge in [-0.1, -0.05) is 39.4 Å².